The number of benzene rings is 1. The quantitative estimate of drug-likeness (QED) is 0.847. The van der Waals surface area contributed by atoms with Crippen LogP contribution in [0.15, 0.2) is 24.3 Å². The first-order valence-electron chi connectivity index (χ1n) is 9.52. The Hall–Kier alpha value is -1.63. The van der Waals surface area contributed by atoms with E-state index in [-0.39, 0.29) is 5.91 Å². The third kappa shape index (κ3) is 4.96. The van der Waals surface area contributed by atoms with E-state index in [9.17, 15) is 9.90 Å². The molecular formula is C20H31N3O3. The number of hydrogen-bond donors (Lipinski definition) is 1. The Morgan fingerprint density at radius 2 is 1.88 bits per heavy atom. The summed E-state index contributed by atoms with van der Waals surface area (Å²) in [6, 6.07) is 8.05. The van der Waals surface area contributed by atoms with Crippen LogP contribution in [0.5, 0.6) is 0 Å². The van der Waals surface area contributed by atoms with Gasteiger partial charge in [-0.2, -0.15) is 0 Å². The maximum Gasteiger partial charge on any atom is 0.227 e. The number of anilines is 1. The Balaban J connectivity index is 1.61. The van der Waals surface area contributed by atoms with Crippen LogP contribution in [0.25, 0.3) is 0 Å². The van der Waals surface area contributed by atoms with E-state index in [4.69, 9.17) is 4.74 Å². The van der Waals surface area contributed by atoms with Gasteiger partial charge in [0.15, 0.2) is 0 Å². The molecule has 0 aromatic heterocycles. The maximum absolute atomic E-state index is 12.8. The van der Waals surface area contributed by atoms with Gasteiger partial charge in [0.05, 0.1) is 26.2 Å². The molecule has 2 aliphatic rings. The molecule has 2 fully saturated rings. The molecule has 0 bridgehead atoms. The highest BCUT2D eigenvalue weighted by molar-refractivity contribution is 5.79. The van der Waals surface area contributed by atoms with Crippen molar-refractivity contribution in [3.8, 4) is 0 Å². The van der Waals surface area contributed by atoms with Crippen molar-refractivity contribution in [2.45, 2.75) is 24.9 Å². The molecular weight excluding hydrogens is 330 g/mol. The lowest BCUT2D eigenvalue weighted by molar-refractivity contribution is -0.133. The molecule has 0 saturated carbocycles. The van der Waals surface area contributed by atoms with Gasteiger partial charge < -0.3 is 24.5 Å². The van der Waals surface area contributed by atoms with Crippen LogP contribution in [-0.2, 0) is 16.0 Å². The van der Waals surface area contributed by atoms with Crippen LogP contribution < -0.4 is 4.90 Å². The summed E-state index contributed by atoms with van der Waals surface area (Å²) in [5.74, 6) is 0.0490. The van der Waals surface area contributed by atoms with Gasteiger partial charge in [-0.05, 0) is 43.6 Å². The highest BCUT2D eigenvalue weighted by Gasteiger charge is 2.36. The summed E-state index contributed by atoms with van der Waals surface area (Å²) in [5, 5.41) is 11.0. The normalized spacial score (nSPS) is 24.5. The summed E-state index contributed by atoms with van der Waals surface area (Å²) in [4.78, 5) is 18.9. The molecule has 1 aromatic rings. The van der Waals surface area contributed by atoms with Crippen LogP contribution in [0.2, 0.25) is 0 Å². The van der Waals surface area contributed by atoms with Crippen LogP contribution in [0.4, 0.5) is 5.69 Å². The molecule has 3 rings (SSSR count). The van der Waals surface area contributed by atoms with E-state index in [0.29, 0.717) is 39.3 Å². The van der Waals surface area contributed by atoms with E-state index >= 15 is 0 Å². The molecule has 0 spiro atoms. The monoisotopic (exact) mass is 361 g/mol. The van der Waals surface area contributed by atoms with Gasteiger partial charge in [0.2, 0.25) is 5.91 Å². The van der Waals surface area contributed by atoms with Crippen molar-refractivity contribution in [3.05, 3.63) is 29.8 Å². The minimum absolute atomic E-state index is 0.0490. The Morgan fingerprint density at radius 3 is 2.54 bits per heavy atom. The molecule has 144 valence electrons. The van der Waals surface area contributed by atoms with Crippen molar-refractivity contribution in [1.29, 1.82) is 0 Å². The SMILES string of the molecule is CN(C)c1ccc(CC(=O)N2CCOC[C@](O)(CN3CCCC3)C2)cc1. The Kier molecular flexibility index (Phi) is 6.16. The second-order valence-electron chi connectivity index (χ2n) is 7.81. The van der Waals surface area contributed by atoms with E-state index in [1.54, 1.807) is 4.90 Å². The molecule has 2 saturated heterocycles. The van der Waals surface area contributed by atoms with Crippen molar-refractivity contribution in [2.24, 2.45) is 0 Å². The standard InChI is InChI=1S/C20H31N3O3/c1-21(2)18-7-5-17(6-8-18)13-19(24)23-11-12-26-16-20(25,15-23)14-22-9-3-4-10-22/h5-8,25H,3-4,9-16H2,1-2H3/t20-/m0/s1. The first-order chi connectivity index (χ1) is 12.5. The second-order valence-corrected chi connectivity index (χ2v) is 7.81. The number of carbonyl (C=O) groups is 1. The molecule has 26 heavy (non-hydrogen) atoms. The van der Waals surface area contributed by atoms with Crippen molar-refractivity contribution in [3.63, 3.8) is 0 Å². The topological polar surface area (TPSA) is 56.3 Å². The maximum atomic E-state index is 12.8. The summed E-state index contributed by atoms with van der Waals surface area (Å²) in [6.45, 7) is 4.28. The number of hydrogen-bond acceptors (Lipinski definition) is 5. The van der Waals surface area contributed by atoms with Crippen LogP contribution in [0, 0.1) is 0 Å². The van der Waals surface area contributed by atoms with Crippen LogP contribution in [0.1, 0.15) is 18.4 Å². The summed E-state index contributed by atoms with van der Waals surface area (Å²) in [7, 11) is 4.00. The summed E-state index contributed by atoms with van der Waals surface area (Å²) < 4.78 is 5.62. The first kappa shape index (κ1) is 19.1. The van der Waals surface area contributed by atoms with Crippen molar-refractivity contribution >= 4 is 11.6 Å². The van der Waals surface area contributed by atoms with Gasteiger partial charge in [0.1, 0.15) is 5.60 Å². The third-order valence-corrected chi connectivity index (χ3v) is 5.24. The van der Waals surface area contributed by atoms with Gasteiger partial charge in [-0.3, -0.25) is 4.79 Å². The van der Waals surface area contributed by atoms with Gasteiger partial charge >= 0.3 is 0 Å². The fraction of sp³-hybridized carbons (Fsp3) is 0.650. The lowest BCUT2D eigenvalue weighted by Crippen LogP contribution is -2.53. The Labute approximate surface area is 156 Å². The fourth-order valence-corrected chi connectivity index (χ4v) is 3.78. The van der Waals surface area contributed by atoms with E-state index in [2.05, 4.69) is 4.90 Å². The fourth-order valence-electron chi connectivity index (χ4n) is 3.78. The lowest BCUT2D eigenvalue weighted by atomic mass is 10.0. The molecule has 2 aliphatic heterocycles. The van der Waals surface area contributed by atoms with Gasteiger partial charge in [-0.25, -0.2) is 0 Å². The largest absolute Gasteiger partial charge is 0.384 e. The van der Waals surface area contributed by atoms with Gasteiger partial charge in [-0.15, -0.1) is 0 Å². The summed E-state index contributed by atoms with van der Waals surface area (Å²) in [6.07, 6.45) is 2.72. The highest BCUT2D eigenvalue weighted by Crippen LogP contribution is 2.19. The van der Waals surface area contributed by atoms with E-state index in [1.807, 2.05) is 43.3 Å². The number of aliphatic hydroxyl groups is 1. The predicted octanol–water partition coefficient (Wildman–Crippen LogP) is 0.981. The number of carbonyl (C=O) groups excluding carboxylic acids is 1. The molecule has 2 heterocycles. The van der Waals surface area contributed by atoms with Gasteiger partial charge in [0, 0.05) is 32.9 Å². The lowest BCUT2D eigenvalue weighted by Gasteiger charge is -2.34. The zero-order valence-corrected chi connectivity index (χ0v) is 16.0. The van der Waals surface area contributed by atoms with Crippen molar-refractivity contribution < 1.29 is 14.6 Å². The number of ether oxygens (including phenoxy) is 1. The average molecular weight is 361 g/mol. The van der Waals surface area contributed by atoms with E-state index < -0.39 is 5.60 Å². The van der Waals surface area contributed by atoms with Crippen LogP contribution in [-0.4, -0.2) is 86.4 Å². The molecule has 1 atom stereocenters. The zero-order valence-electron chi connectivity index (χ0n) is 16.0. The number of amides is 1. The smallest absolute Gasteiger partial charge is 0.227 e. The molecule has 1 aromatic carbocycles. The summed E-state index contributed by atoms with van der Waals surface area (Å²) in [5.41, 5.74) is 1.13. The number of likely N-dealkylation sites (tertiary alicyclic amines) is 1. The van der Waals surface area contributed by atoms with Gasteiger partial charge in [0.25, 0.3) is 0 Å². The molecule has 6 heteroatoms. The average Bonchev–Trinajstić information content (AvgIpc) is 3.02. The minimum Gasteiger partial charge on any atom is -0.384 e. The predicted molar refractivity (Wildman–Crippen MR) is 102 cm³/mol. The van der Waals surface area contributed by atoms with Crippen LogP contribution >= 0.6 is 0 Å². The molecule has 1 N–H and O–H groups in total. The minimum atomic E-state index is -0.981. The number of nitrogens with zero attached hydrogens (tertiary/aromatic N) is 3. The summed E-state index contributed by atoms with van der Waals surface area (Å²) >= 11 is 0. The first-order valence-corrected chi connectivity index (χ1v) is 9.52. The molecule has 1 amide bonds. The number of rotatable bonds is 5. The van der Waals surface area contributed by atoms with Crippen molar-refractivity contribution in [1.82, 2.24) is 9.80 Å². The molecule has 0 unspecified atom stereocenters. The van der Waals surface area contributed by atoms with E-state index in [1.165, 1.54) is 12.8 Å². The Bertz CT molecular complexity index is 599. The van der Waals surface area contributed by atoms with Crippen molar-refractivity contribution in [2.75, 3.05) is 64.9 Å². The Morgan fingerprint density at radius 1 is 1.19 bits per heavy atom. The van der Waals surface area contributed by atoms with Crippen LogP contribution in [0.3, 0.4) is 0 Å². The second kappa shape index (κ2) is 8.37. The third-order valence-electron chi connectivity index (χ3n) is 5.24. The number of β-amino-alcohol motifs (C(OH)–C–C–N with tert-alkyl or cyclic N) is 1. The van der Waals surface area contributed by atoms with E-state index in [0.717, 1.165) is 24.3 Å². The zero-order chi connectivity index (χ0) is 18.6. The van der Waals surface area contributed by atoms with Gasteiger partial charge in [-0.1, -0.05) is 12.1 Å². The highest BCUT2D eigenvalue weighted by atomic mass is 16.5. The molecule has 0 aliphatic carbocycles. The molecule has 0 radical (unpaired) electrons. The molecule has 6 nitrogen and oxygen atoms in total.